The third kappa shape index (κ3) is 5.78. The summed E-state index contributed by atoms with van der Waals surface area (Å²) in [6, 6.07) is 7.84. The fraction of sp³-hybridized carbons (Fsp3) is 0.458. The first kappa shape index (κ1) is 24.4. The maximum Gasteiger partial charge on any atom is 0.255 e. The number of carbonyl (C=O) groups is 1. The third-order valence-electron chi connectivity index (χ3n) is 5.67. The Morgan fingerprint density at radius 2 is 1.62 bits per heavy atom. The molecule has 0 saturated heterocycles. The lowest BCUT2D eigenvalue weighted by Crippen LogP contribution is -2.32. The third-order valence-corrected chi connectivity index (χ3v) is 6.29. The van der Waals surface area contributed by atoms with Gasteiger partial charge in [-0.25, -0.2) is 0 Å². The lowest BCUT2D eigenvalue weighted by Gasteiger charge is -2.29. The van der Waals surface area contributed by atoms with Gasteiger partial charge in [-0.1, -0.05) is 0 Å². The van der Waals surface area contributed by atoms with Gasteiger partial charge in [0, 0.05) is 23.2 Å². The molecule has 3 rings (SSSR count). The second-order valence-electron chi connectivity index (χ2n) is 7.65. The molecule has 7 nitrogen and oxygen atoms in total. The SMILES string of the molecule is COc1cc2c(cc1OC)CN(CCCCNC(=O)c1cc([125I])cc(OC)c1OC)CC2. The van der Waals surface area contributed by atoms with Crippen LogP contribution in [0.15, 0.2) is 24.3 Å². The molecular weight excluding hydrogens is 521 g/mol. The van der Waals surface area contributed by atoms with Gasteiger partial charge in [-0.3, -0.25) is 9.69 Å². The average Bonchev–Trinajstić information content (AvgIpc) is 2.81. The Morgan fingerprint density at radius 1 is 0.938 bits per heavy atom. The van der Waals surface area contributed by atoms with Crippen LogP contribution >= 0.6 is 22.6 Å². The molecule has 32 heavy (non-hydrogen) atoms. The normalized spacial score (nSPS) is 13.3. The van der Waals surface area contributed by atoms with E-state index in [1.165, 1.54) is 11.1 Å². The van der Waals surface area contributed by atoms with E-state index >= 15 is 0 Å². The number of fused-ring (bicyclic) bond motifs is 1. The summed E-state index contributed by atoms with van der Waals surface area (Å²) in [7, 11) is 6.45. The molecule has 0 bridgehead atoms. The largest absolute Gasteiger partial charge is 0.493 e. The van der Waals surface area contributed by atoms with Crippen molar-refractivity contribution in [3.8, 4) is 23.0 Å². The Hall–Kier alpha value is -2.20. The molecule has 1 aliphatic heterocycles. The minimum Gasteiger partial charge on any atom is -0.493 e. The number of unbranched alkanes of at least 4 members (excludes halogenated alkanes) is 1. The number of hydrogen-bond donors (Lipinski definition) is 1. The van der Waals surface area contributed by atoms with Gasteiger partial charge in [0.05, 0.1) is 34.0 Å². The van der Waals surface area contributed by atoms with E-state index in [4.69, 9.17) is 18.9 Å². The number of nitrogens with one attached hydrogen (secondary N) is 1. The second kappa shape index (κ2) is 11.6. The molecule has 0 radical (unpaired) electrons. The zero-order valence-electron chi connectivity index (χ0n) is 19.1. The minimum atomic E-state index is -0.147. The van der Waals surface area contributed by atoms with Crippen LogP contribution in [0.1, 0.15) is 34.3 Å². The zero-order chi connectivity index (χ0) is 23.1. The molecule has 0 aliphatic carbocycles. The van der Waals surface area contributed by atoms with Crippen molar-refractivity contribution in [3.05, 3.63) is 44.5 Å². The van der Waals surface area contributed by atoms with Crippen molar-refractivity contribution in [2.45, 2.75) is 25.8 Å². The molecule has 1 heterocycles. The molecule has 2 aromatic rings. The number of methoxy groups -OCH3 is 4. The van der Waals surface area contributed by atoms with Crippen LogP contribution in [0.4, 0.5) is 0 Å². The zero-order valence-corrected chi connectivity index (χ0v) is 21.3. The smallest absolute Gasteiger partial charge is 0.255 e. The van der Waals surface area contributed by atoms with Crippen LogP contribution in [0.5, 0.6) is 23.0 Å². The van der Waals surface area contributed by atoms with Crippen LogP contribution in [0, 0.1) is 3.57 Å². The summed E-state index contributed by atoms with van der Waals surface area (Å²) in [6.45, 7) is 3.53. The van der Waals surface area contributed by atoms with E-state index in [1.807, 2.05) is 12.1 Å². The van der Waals surface area contributed by atoms with Crippen molar-refractivity contribution < 1.29 is 23.7 Å². The first-order valence-electron chi connectivity index (χ1n) is 10.7. The monoisotopic (exact) mass is 552 g/mol. The van der Waals surface area contributed by atoms with Gasteiger partial charge >= 0.3 is 0 Å². The van der Waals surface area contributed by atoms with Gasteiger partial charge in [0.15, 0.2) is 23.0 Å². The Bertz CT molecular complexity index is 950. The number of hydrogen-bond acceptors (Lipinski definition) is 6. The van der Waals surface area contributed by atoms with E-state index in [0.29, 0.717) is 23.6 Å². The minimum absolute atomic E-state index is 0.147. The summed E-state index contributed by atoms with van der Waals surface area (Å²) in [4.78, 5) is 15.1. The summed E-state index contributed by atoms with van der Waals surface area (Å²) in [5.41, 5.74) is 3.11. The van der Waals surface area contributed by atoms with Crippen LogP contribution in [-0.2, 0) is 13.0 Å². The molecule has 174 valence electrons. The molecule has 1 aliphatic rings. The standard InChI is InChI=1S/C24H31IN2O5/c1-29-20-11-16-7-10-27(15-17(16)12-21(20)30-2)9-6-5-8-26-24(28)19-13-18(25)14-22(31-3)23(19)32-4/h11-14H,5-10,15H2,1-4H3,(H,26,28)/i25-2. The highest BCUT2D eigenvalue weighted by molar-refractivity contribution is 14.1. The maximum absolute atomic E-state index is 12.7. The molecule has 2 aromatic carbocycles. The topological polar surface area (TPSA) is 69.3 Å². The van der Waals surface area contributed by atoms with Crippen molar-refractivity contribution in [3.63, 3.8) is 0 Å². The molecular formula is C24H31IN2O5. The lowest BCUT2D eigenvalue weighted by atomic mass is 9.98. The quantitative estimate of drug-likeness (QED) is 0.357. The number of carbonyl (C=O) groups excluding carboxylic acids is 1. The number of amides is 1. The number of nitrogens with zero attached hydrogens (tertiary/aromatic N) is 1. The molecule has 1 N–H and O–H groups in total. The van der Waals surface area contributed by atoms with Crippen molar-refractivity contribution >= 4 is 28.5 Å². The van der Waals surface area contributed by atoms with Crippen molar-refractivity contribution in [1.82, 2.24) is 10.2 Å². The molecule has 0 fully saturated rings. The predicted molar refractivity (Wildman–Crippen MR) is 132 cm³/mol. The van der Waals surface area contributed by atoms with Gasteiger partial charge in [0.25, 0.3) is 5.91 Å². The van der Waals surface area contributed by atoms with E-state index < -0.39 is 0 Å². The van der Waals surface area contributed by atoms with Gasteiger partial charge in [0.2, 0.25) is 0 Å². The van der Waals surface area contributed by atoms with Gasteiger partial charge < -0.3 is 24.3 Å². The Kier molecular flexibility index (Phi) is 8.86. The summed E-state index contributed by atoms with van der Waals surface area (Å²) < 4.78 is 22.5. The fourth-order valence-corrected chi connectivity index (χ4v) is 4.58. The number of rotatable bonds is 10. The van der Waals surface area contributed by atoms with Gasteiger partial charge in [-0.05, 0) is 83.8 Å². The van der Waals surface area contributed by atoms with Crippen LogP contribution in [0.25, 0.3) is 0 Å². The van der Waals surface area contributed by atoms with Gasteiger partial charge in [0.1, 0.15) is 0 Å². The Morgan fingerprint density at radius 3 is 2.28 bits per heavy atom. The van der Waals surface area contributed by atoms with Crippen molar-refractivity contribution in [1.29, 1.82) is 0 Å². The van der Waals surface area contributed by atoms with Gasteiger partial charge in [-0.15, -0.1) is 0 Å². The molecule has 0 unspecified atom stereocenters. The van der Waals surface area contributed by atoms with E-state index in [1.54, 1.807) is 28.4 Å². The van der Waals surface area contributed by atoms with E-state index in [0.717, 1.165) is 54.0 Å². The van der Waals surface area contributed by atoms with Crippen LogP contribution in [-0.4, -0.2) is 58.9 Å². The molecule has 0 spiro atoms. The highest BCUT2D eigenvalue weighted by Crippen LogP contribution is 2.34. The summed E-state index contributed by atoms with van der Waals surface area (Å²) in [5, 5.41) is 3.01. The molecule has 0 atom stereocenters. The first-order chi connectivity index (χ1) is 15.5. The van der Waals surface area contributed by atoms with Crippen LogP contribution in [0.2, 0.25) is 0 Å². The first-order valence-corrected chi connectivity index (χ1v) is 11.7. The number of benzene rings is 2. The second-order valence-corrected chi connectivity index (χ2v) is 8.90. The molecule has 1 amide bonds. The molecule has 8 heteroatoms. The highest BCUT2D eigenvalue weighted by atomic mass is 125. The summed E-state index contributed by atoms with van der Waals surface area (Å²) in [5.74, 6) is 2.44. The highest BCUT2D eigenvalue weighted by Gasteiger charge is 2.20. The Labute approximate surface area is 203 Å². The number of ether oxygens (including phenoxy) is 4. The van der Waals surface area contributed by atoms with Crippen LogP contribution in [0.3, 0.4) is 0 Å². The molecule has 0 aromatic heterocycles. The summed E-state index contributed by atoms with van der Waals surface area (Å²) >= 11 is 2.17. The van der Waals surface area contributed by atoms with E-state index in [9.17, 15) is 4.79 Å². The van der Waals surface area contributed by atoms with Crippen molar-refractivity contribution in [2.24, 2.45) is 0 Å². The maximum atomic E-state index is 12.7. The summed E-state index contributed by atoms with van der Waals surface area (Å²) in [6.07, 6.45) is 2.92. The predicted octanol–water partition coefficient (Wildman–Crippen LogP) is 3.89. The van der Waals surface area contributed by atoms with Crippen molar-refractivity contribution in [2.75, 3.05) is 48.1 Å². The number of halogens is 1. The average molecular weight is 552 g/mol. The molecule has 0 saturated carbocycles. The fourth-order valence-electron chi connectivity index (χ4n) is 3.99. The van der Waals surface area contributed by atoms with E-state index in [-0.39, 0.29) is 5.91 Å². The Balaban J connectivity index is 1.48. The van der Waals surface area contributed by atoms with Crippen LogP contribution < -0.4 is 24.3 Å². The van der Waals surface area contributed by atoms with E-state index in [2.05, 4.69) is 44.9 Å². The lowest BCUT2D eigenvalue weighted by molar-refractivity contribution is 0.0948. The van der Waals surface area contributed by atoms with Gasteiger partial charge in [-0.2, -0.15) is 0 Å².